The molecule has 104 valence electrons. The van der Waals surface area contributed by atoms with Crippen LogP contribution in [0.15, 0.2) is 24.3 Å². The molecule has 2 nitrogen and oxygen atoms in total. The lowest BCUT2D eigenvalue weighted by molar-refractivity contribution is -0.122. The topological polar surface area (TPSA) is 37.3 Å². The highest BCUT2D eigenvalue weighted by atomic mass is 35.5. The van der Waals surface area contributed by atoms with Crippen molar-refractivity contribution in [3.63, 3.8) is 0 Å². The summed E-state index contributed by atoms with van der Waals surface area (Å²) in [6.45, 7) is 0.138. The summed E-state index contributed by atoms with van der Waals surface area (Å²) in [6.07, 6.45) is 6.41. The maximum atomic E-state index is 12.2. The van der Waals surface area contributed by atoms with E-state index in [-0.39, 0.29) is 17.8 Å². The Balaban J connectivity index is 1.94. The first kappa shape index (κ1) is 14.5. The molecule has 0 radical (unpaired) electrons. The molecule has 2 rings (SSSR count). The normalized spacial score (nSPS) is 18.2. The van der Waals surface area contributed by atoms with E-state index in [0.29, 0.717) is 17.9 Å². The molecule has 0 aliphatic heterocycles. The Kier molecular flexibility index (Phi) is 5.00. The predicted molar refractivity (Wildman–Crippen MR) is 77.4 cm³/mol. The summed E-state index contributed by atoms with van der Waals surface area (Å²) >= 11 is 5.83. The zero-order valence-electron chi connectivity index (χ0n) is 11.2. The van der Waals surface area contributed by atoms with Gasteiger partial charge in [-0.25, -0.2) is 0 Å². The Morgan fingerprint density at radius 1 is 1.16 bits per heavy atom. The lowest BCUT2D eigenvalue weighted by atomic mass is 9.71. The van der Waals surface area contributed by atoms with Crippen molar-refractivity contribution < 1.29 is 9.90 Å². The van der Waals surface area contributed by atoms with Crippen LogP contribution in [0.3, 0.4) is 0 Å². The zero-order chi connectivity index (χ0) is 13.7. The van der Waals surface area contributed by atoms with Gasteiger partial charge in [0.05, 0.1) is 0 Å². The fraction of sp³-hybridized carbons (Fsp3) is 0.562. The van der Waals surface area contributed by atoms with Crippen molar-refractivity contribution in [1.29, 1.82) is 0 Å². The van der Waals surface area contributed by atoms with E-state index in [4.69, 9.17) is 11.6 Å². The Hall–Kier alpha value is -0.860. The van der Waals surface area contributed by atoms with Gasteiger partial charge in [-0.2, -0.15) is 0 Å². The molecule has 0 spiro atoms. The Labute approximate surface area is 119 Å². The van der Waals surface area contributed by atoms with E-state index in [9.17, 15) is 9.90 Å². The van der Waals surface area contributed by atoms with Gasteiger partial charge >= 0.3 is 0 Å². The number of hydrogen-bond acceptors (Lipinski definition) is 2. The number of Topliss-reactive ketones (excluding diaryl/α,β-unsaturated/α-hetero) is 1. The highest BCUT2D eigenvalue weighted by Gasteiger charge is 2.33. The highest BCUT2D eigenvalue weighted by Crippen LogP contribution is 2.39. The molecule has 19 heavy (non-hydrogen) atoms. The summed E-state index contributed by atoms with van der Waals surface area (Å²) in [5.74, 6) is 0.221. The molecule has 0 atom stereocenters. The van der Waals surface area contributed by atoms with Gasteiger partial charge < -0.3 is 5.11 Å². The minimum Gasteiger partial charge on any atom is -0.396 e. The van der Waals surface area contributed by atoms with E-state index in [1.807, 2.05) is 24.3 Å². The van der Waals surface area contributed by atoms with E-state index < -0.39 is 0 Å². The van der Waals surface area contributed by atoms with E-state index in [0.717, 1.165) is 31.2 Å². The molecule has 1 aromatic rings. The maximum absolute atomic E-state index is 12.2. The molecule has 1 fully saturated rings. The van der Waals surface area contributed by atoms with Gasteiger partial charge in [-0.3, -0.25) is 4.79 Å². The molecular weight excluding hydrogens is 260 g/mol. The van der Waals surface area contributed by atoms with Gasteiger partial charge in [-0.15, -0.1) is 0 Å². The van der Waals surface area contributed by atoms with Gasteiger partial charge in [-0.05, 0) is 30.5 Å². The van der Waals surface area contributed by atoms with Crippen molar-refractivity contribution >= 4 is 17.4 Å². The largest absolute Gasteiger partial charge is 0.396 e. The lowest BCUT2D eigenvalue weighted by Gasteiger charge is -2.35. The second kappa shape index (κ2) is 6.53. The van der Waals surface area contributed by atoms with Crippen LogP contribution in [-0.2, 0) is 11.2 Å². The molecule has 1 saturated carbocycles. The molecule has 0 saturated heterocycles. The number of benzene rings is 1. The van der Waals surface area contributed by atoms with Gasteiger partial charge in [0.15, 0.2) is 0 Å². The molecule has 0 amide bonds. The summed E-state index contributed by atoms with van der Waals surface area (Å²) in [4.78, 5) is 12.2. The van der Waals surface area contributed by atoms with Gasteiger partial charge in [0.25, 0.3) is 0 Å². The summed E-state index contributed by atoms with van der Waals surface area (Å²) in [5.41, 5.74) is 0.847. The summed E-state index contributed by atoms with van der Waals surface area (Å²) in [7, 11) is 0. The first-order valence-electron chi connectivity index (χ1n) is 7.01. The van der Waals surface area contributed by atoms with Crippen LogP contribution in [0.5, 0.6) is 0 Å². The fourth-order valence-electron chi connectivity index (χ4n) is 3.00. The monoisotopic (exact) mass is 280 g/mol. The third-order valence-corrected chi connectivity index (χ3v) is 4.39. The Bertz CT molecular complexity index is 419. The third-order valence-electron chi connectivity index (χ3n) is 4.14. The number of halogens is 1. The van der Waals surface area contributed by atoms with Crippen LogP contribution in [0.2, 0.25) is 5.02 Å². The van der Waals surface area contributed by atoms with Crippen molar-refractivity contribution in [3.8, 4) is 0 Å². The van der Waals surface area contributed by atoms with Crippen LogP contribution in [-0.4, -0.2) is 17.5 Å². The summed E-state index contributed by atoms with van der Waals surface area (Å²) in [6, 6.07) is 7.42. The maximum Gasteiger partial charge on any atom is 0.137 e. The number of aliphatic hydroxyl groups excluding tert-OH is 1. The van der Waals surface area contributed by atoms with Crippen LogP contribution < -0.4 is 0 Å². The number of ketones is 1. The van der Waals surface area contributed by atoms with Gasteiger partial charge in [0, 0.05) is 29.9 Å². The van der Waals surface area contributed by atoms with Crippen LogP contribution in [0.25, 0.3) is 0 Å². The smallest absolute Gasteiger partial charge is 0.137 e. The minimum absolute atomic E-state index is 0.138. The Morgan fingerprint density at radius 3 is 2.37 bits per heavy atom. The van der Waals surface area contributed by atoms with Gasteiger partial charge in [-0.1, -0.05) is 43.0 Å². The number of carbonyl (C=O) groups is 1. The zero-order valence-corrected chi connectivity index (χ0v) is 12.0. The minimum atomic E-state index is -0.151. The highest BCUT2D eigenvalue weighted by molar-refractivity contribution is 6.30. The molecule has 3 heteroatoms. The van der Waals surface area contributed by atoms with Crippen molar-refractivity contribution in [2.75, 3.05) is 6.61 Å². The van der Waals surface area contributed by atoms with Crippen LogP contribution in [0.1, 0.15) is 44.1 Å². The number of rotatable bonds is 5. The quantitative estimate of drug-likeness (QED) is 0.891. The number of aliphatic hydroxyl groups is 1. The second-order valence-electron chi connectivity index (χ2n) is 5.74. The first-order valence-corrected chi connectivity index (χ1v) is 7.38. The van der Waals surface area contributed by atoms with E-state index in [1.54, 1.807) is 0 Å². The summed E-state index contributed by atoms with van der Waals surface area (Å²) in [5, 5.41) is 10.3. The van der Waals surface area contributed by atoms with E-state index in [1.165, 1.54) is 6.42 Å². The fourth-order valence-corrected chi connectivity index (χ4v) is 3.13. The predicted octanol–water partition coefficient (Wildman–Crippen LogP) is 3.78. The molecule has 0 heterocycles. The molecule has 1 aliphatic rings. The standard InChI is InChI=1S/C16H21ClO2/c17-14-6-4-13(5-7-14)10-15(19)11-16(12-18)8-2-1-3-9-16/h4-7,18H,1-3,8-12H2. The molecule has 0 bridgehead atoms. The molecular formula is C16H21ClO2. The second-order valence-corrected chi connectivity index (χ2v) is 6.17. The van der Waals surface area contributed by atoms with Gasteiger partial charge in [0.2, 0.25) is 0 Å². The van der Waals surface area contributed by atoms with Gasteiger partial charge in [0.1, 0.15) is 5.78 Å². The third kappa shape index (κ3) is 4.05. The van der Waals surface area contributed by atoms with Crippen LogP contribution >= 0.6 is 11.6 Å². The Morgan fingerprint density at radius 2 is 1.79 bits per heavy atom. The summed E-state index contributed by atoms with van der Waals surface area (Å²) < 4.78 is 0. The van der Waals surface area contributed by atoms with Crippen molar-refractivity contribution in [1.82, 2.24) is 0 Å². The van der Waals surface area contributed by atoms with Crippen molar-refractivity contribution in [3.05, 3.63) is 34.9 Å². The molecule has 1 aromatic carbocycles. The molecule has 1 N–H and O–H groups in total. The first-order chi connectivity index (χ1) is 9.13. The molecule has 0 unspecified atom stereocenters. The van der Waals surface area contributed by atoms with E-state index >= 15 is 0 Å². The van der Waals surface area contributed by atoms with Crippen LogP contribution in [0.4, 0.5) is 0 Å². The molecule has 1 aliphatic carbocycles. The van der Waals surface area contributed by atoms with Crippen molar-refractivity contribution in [2.24, 2.45) is 5.41 Å². The number of hydrogen-bond donors (Lipinski definition) is 1. The molecule has 0 aromatic heterocycles. The average Bonchev–Trinajstić information content (AvgIpc) is 2.42. The van der Waals surface area contributed by atoms with E-state index in [2.05, 4.69) is 0 Å². The average molecular weight is 281 g/mol. The number of carbonyl (C=O) groups excluding carboxylic acids is 1. The van der Waals surface area contributed by atoms with Crippen LogP contribution in [0, 0.1) is 5.41 Å². The SMILES string of the molecule is O=C(Cc1ccc(Cl)cc1)CC1(CO)CCCCC1. The van der Waals surface area contributed by atoms with Crippen molar-refractivity contribution in [2.45, 2.75) is 44.9 Å². The lowest BCUT2D eigenvalue weighted by Crippen LogP contribution is -2.31.